The van der Waals surface area contributed by atoms with Gasteiger partial charge in [0.05, 0.1) is 19.9 Å². The van der Waals surface area contributed by atoms with Crippen molar-refractivity contribution in [2.45, 2.75) is 39.2 Å². The van der Waals surface area contributed by atoms with Crippen LogP contribution in [0.2, 0.25) is 0 Å². The lowest BCUT2D eigenvalue weighted by molar-refractivity contribution is -0.137. The monoisotopic (exact) mass is 392 g/mol. The summed E-state index contributed by atoms with van der Waals surface area (Å²) in [6, 6.07) is 5.47. The molecule has 0 spiro atoms. The Morgan fingerprint density at radius 3 is 2.48 bits per heavy atom. The molecular weight excluding hydrogens is 368 g/mol. The fourth-order valence-electron chi connectivity index (χ4n) is 2.55. The zero-order valence-corrected chi connectivity index (χ0v) is 16.9. The summed E-state index contributed by atoms with van der Waals surface area (Å²) in [5.41, 5.74) is 0.816. The van der Waals surface area contributed by atoms with Gasteiger partial charge in [0.1, 0.15) is 9.88 Å². The standard InChI is InChI=1S/C19H24N2O5S/c1-11-16(17(24)21-19(2,3)9-8-15(22)23)27-18(20-11)12-6-7-13(25-4)14(10-12)26-5/h6-7,10H,8-9H2,1-5H3,(H,21,24)(H,22,23). The number of aliphatic carboxylic acids is 1. The van der Waals surface area contributed by atoms with Crippen molar-refractivity contribution < 1.29 is 24.2 Å². The fourth-order valence-corrected chi connectivity index (χ4v) is 3.50. The predicted octanol–water partition coefficient (Wildman–Crippen LogP) is 3.51. The van der Waals surface area contributed by atoms with Gasteiger partial charge in [-0.1, -0.05) is 0 Å². The van der Waals surface area contributed by atoms with Crippen LogP contribution in [0.4, 0.5) is 0 Å². The largest absolute Gasteiger partial charge is 0.493 e. The highest BCUT2D eigenvalue weighted by Crippen LogP contribution is 2.35. The third kappa shape index (κ3) is 5.19. The minimum atomic E-state index is -0.887. The molecule has 1 aromatic heterocycles. The van der Waals surface area contributed by atoms with E-state index in [9.17, 15) is 9.59 Å². The number of aryl methyl sites for hydroxylation is 1. The highest BCUT2D eigenvalue weighted by atomic mass is 32.1. The molecular formula is C19H24N2O5S. The quantitative estimate of drug-likeness (QED) is 0.713. The van der Waals surface area contributed by atoms with E-state index in [0.717, 1.165) is 5.56 Å². The van der Waals surface area contributed by atoms with Gasteiger partial charge in [-0.05, 0) is 45.4 Å². The smallest absolute Gasteiger partial charge is 0.303 e. The van der Waals surface area contributed by atoms with Gasteiger partial charge in [0.25, 0.3) is 5.91 Å². The third-order valence-electron chi connectivity index (χ3n) is 4.05. The summed E-state index contributed by atoms with van der Waals surface area (Å²) in [6.07, 6.45) is 0.334. The van der Waals surface area contributed by atoms with E-state index < -0.39 is 11.5 Å². The van der Waals surface area contributed by atoms with Gasteiger partial charge in [-0.15, -0.1) is 11.3 Å². The van der Waals surface area contributed by atoms with E-state index in [4.69, 9.17) is 14.6 Å². The molecule has 0 unspecified atom stereocenters. The molecule has 2 aromatic rings. The van der Waals surface area contributed by atoms with Gasteiger partial charge in [-0.3, -0.25) is 9.59 Å². The normalized spacial score (nSPS) is 11.1. The number of carboxylic acids is 1. The first kappa shape index (κ1) is 20.7. The Labute approximate surface area is 162 Å². The summed E-state index contributed by atoms with van der Waals surface area (Å²) in [5.74, 6) is 0.0606. The molecule has 0 aliphatic carbocycles. The molecule has 0 radical (unpaired) electrons. The van der Waals surface area contributed by atoms with E-state index in [1.54, 1.807) is 41.1 Å². The van der Waals surface area contributed by atoms with Crippen molar-refractivity contribution >= 4 is 23.2 Å². The number of aromatic nitrogens is 1. The number of carbonyl (C=O) groups excluding carboxylic acids is 1. The maximum atomic E-state index is 12.7. The van der Waals surface area contributed by atoms with Crippen LogP contribution in [0.15, 0.2) is 18.2 Å². The van der Waals surface area contributed by atoms with Crippen LogP contribution in [-0.2, 0) is 4.79 Å². The minimum absolute atomic E-state index is 0.00809. The topological polar surface area (TPSA) is 97.8 Å². The molecule has 0 atom stereocenters. The maximum Gasteiger partial charge on any atom is 0.303 e. The summed E-state index contributed by atoms with van der Waals surface area (Å²) in [6.45, 7) is 5.39. The third-order valence-corrected chi connectivity index (χ3v) is 5.25. The summed E-state index contributed by atoms with van der Waals surface area (Å²) in [4.78, 5) is 28.4. The summed E-state index contributed by atoms with van der Waals surface area (Å²) >= 11 is 1.28. The first-order chi connectivity index (χ1) is 12.7. The van der Waals surface area contributed by atoms with Crippen LogP contribution in [0.1, 0.15) is 42.1 Å². The number of carbonyl (C=O) groups is 2. The van der Waals surface area contributed by atoms with Crippen molar-refractivity contribution in [3.05, 3.63) is 28.8 Å². The molecule has 0 aliphatic heterocycles. The molecule has 2 rings (SSSR count). The Morgan fingerprint density at radius 2 is 1.89 bits per heavy atom. The van der Waals surface area contributed by atoms with Crippen LogP contribution in [0.3, 0.4) is 0 Å². The minimum Gasteiger partial charge on any atom is -0.493 e. The van der Waals surface area contributed by atoms with Gasteiger partial charge >= 0.3 is 5.97 Å². The zero-order chi connectivity index (χ0) is 20.2. The number of nitrogens with one attached hydrogen (secondary N) is 1. The van der Waals surface area contributed by atoms with E-state index in [2.05, 4.69) is 10.3 Å². The first-order valence-corrected chi connectivity index (χ1v) is 9.22. The number of methoxy groups -OCH3 is 2. The molecule has 1 amide bonds. The van der Waals surface area contributed by atoms with Crippen molar-refractivity contribution in [3.63, 3.8) is 0 Å². The van der Waals surface area contributed by atoms with Crippen molar-refractivity contribution in [3.8, 4) is 22.1 Å². The molecule has 27 heavy (non-hydrogen) atoms. The number of hydrogen-bond donors (Lipinski definition) is 2. The van der Waals surface area contributed by atoms with Crippen LogP contribution >= 0.6 is 11.3 Å². The molecule has 1 aromatic carbocycles. The predicted molar refractivity (Wildman–Crippen MR) is 104 cm³/mol. The van der Waals surface area contributed by atoms with Crippen molar-refractivity contribution in [1.29, 1.82) is 0 Å². The fraction of sp³-hybridized carbons (Fsp3) is 0.421. The number of hydrogen-bond acceptors (Lipinski definition) is 6. The van der Waals surface area contributed by atoms with Crippen LogP contribution < -0.4 is 14.8 Å². The molecule has 0 saturated carbocycles. The number of benzene rings is 1. The number of thiazole rings is 1. The van der Waals surface area contributed by atoms with Gasteiger partial charge in [0.2, 0.25) is 0 Å². The van der Waals surface area contributed by atoms with Gasteiger partial charge in [0, 0.05) is 17.5 Å². The van der Waals surface area contributed by atoms with E-state index in [1.165, 1.54) is 11.3 Å². The Bertz CT molecular complexity index is 845. The second-order valence-corrected chi connectivity index (χ2v) is 7.73. The second-order valence-electron chi connectivity index (χ2n) is 6.74. The van der Waals surface area contributed by atoms with Crippen LogP contribution in [-0.4, -0.2) is 41.7 Å². The molecule has 7 nitrogen and oxygen atoms in total. The van der Waals surface area contributed by atoms with Gasteiger partial charge in [-0.25, -0.2) is 4.98 Å². The Morgan fingerprint density at radius 1 is 1.22 bits per heavy atom. The van der Waals surface area contributed by atoms with Gasteiger partial charge < -0.3 is 19.9 Å². The lowest BCUT2D eigenvalue weighted by Crippen LogP contribution is -2.43. The Hall–Kier alpha value is -2.61. The molecule has 0 aliphatic rings. The van der Waals surface area contributed by atoms with Gasteiger partial charge in [0.15, 0.2) is 11.5 Å². The summed E-state index contributed by atoms with van der Waals surface area (Å²) in [7, 11) is 3.13. The first-order valence-electron chi connectivity index (χ1n) is 8.41. The van der Waals surface area contributed by atoms with E-state index in [1.807, 2.05) is 12.1 Å². The maximum absolute atomic E-state index is 12.7. The number of nitrogens with zero attached hydrogens (tertiary/aromatic N) is 1. The SMILES string of the molecule is COc1ccc(-c2nc(C)c(C(=O)NC(C)(C)CCC(=O)O)s2)cc1OC. The molecule has 2 N–H and O–H groups in total. The molecule has 0 bridgehead atoms. The molecule has 0 saturated heterocycles. The van der Waals surface area contributed by atoms with Crippen LogP contribution in [0.5, 0.6) is 11.5 Å². The number of rotatable bonds is 8. The average Bonchev–Trinajstić information content (AvgIpc) is 3.01. The Kier molecular flexibility index (Phi) is 6.43. The highest BCUT2D eigenvalue weighted by Gasteiger charge is 2.25. The second kappa shape index (κ2) is 8.39. The Balaban J connectivity index is 2.23. The van der Waals surface area contributed by atoms with Crippen molar-refractivity contribution in [2.24, 2.45) is 0 Å². The van der Waals surface area contributed by atoms with Crippen molar-refractivity contribution in [2.75, 3.05) is 14.2 Å². The van der Waals surface area contributed by atoms with E-state index in [-0.39, 0.29) is 12.3 Å². The number of carboxylic acid groups (broad SMARTS) is 1. The average molecular weight is 392 g/mol. The van der Waals surface area contributed by atoms with Gasteiger partial charge in [-0.2, -0.15) is 0 Å². The number of ether oxygens (including phenoxy) is 2. The lowest BCUT2D eigenvalue weighted by atomic mass is 9.98. The highest BCUT2D eigenvalue weighted by molar-refractivity contribution is 7.17. The number of amides is 1. The van der Waals surface area contributed by atoms with Crippen LogP contribution in [0, 0.1) is 6.92 Å². The molecule has 146 valence electrons. The zero-order valence-electron chi connectivity index (χ0n) is 16.1. The van der Waals surface area contributed by atoms with E-state index >= 15 is 0 Å². The van der Waals surface area contributed by atoms with Crippen LogP contribution in [0.25, 0.3) is 10.6 Å². The lowest BCUT2D eigenvalue weighted by Gasteiger charge is -2.25. The van der Waals surface area contributed by atoms with E-state index in [0.29, 0.717) is 33.5 Å². The summed E-state index contributed by atoms with van der Waals surface area (Å²) < 4.78 is 10.6. The van der Waals surface area contributed by atoms with Crippen molar-refractivity contribution in [1.82, 2.24) is 10.3 Å². The molecule has 0 fully saturated rings. The molecule has 1 heterocycles. The molecule has 8 heteroatoms. The summed E-state index contributed by atoms with van der Waals surface area (Å²) in [5, 5.41) is 12.4.